The van der Waals surface area contributed by atoms with E-state index in [1.807, 2.05) is 19.4 Å². The Morgan fingerprint density at radius 1 is 1.37 bits per heavy atom. The Bertz CT molecular complexity index is 586. The second-order valence-corrected chi connectivity index (χ2v) is 6.01. The fourth-order valence-electron chi connectivity index (χ4n) is 1.72. The molecule has 0 aliphatic heterocycles. The van der Waals surface area contributed by atoms with Gasteiger partial charge in [0.25, 0.3) is 0 Å². The number of thiazole rings is 1. The van der Waals surface area contributed by atoms with E-state index in [0.717, 1.165) is 10.6 Å². The van der Waals surface area contributed by atoms with Gasteiger partial charge in [-0.3, -0.25) is 0 Å². The number of aromatic nitrogens is 1. The van der Waals surface area contributed by atoms with Gasteiger partial charge in [0.15, 0.2) is 0 Å². The summed E-state index contributed by atoms with van der Waals surface area (Å²) in [5, 5.41) is 3.81. The van der Waals surface area contributed by atoms with Gasteiger partial charge in [-0.2, -0.15) is 0 Å². The number of nitrogens with zero attached hydrogens (tertiary/aromatic N) is 1. The predicted molar refractivity (Wildman–Crippen MR) is 78.5 cm³/mol. The molecule has 0 saturated carbocycles. The first kappa shape index (κ1) is 14.7. The second-order valence-electron chi connectivity index (χ2n) is 4.25. The maximum Gasteiger partial charge on any atom is 0.142 e. The standard InChI is InChI=1S/C13H13Cl2FN2S/c1-7(17-5-13-8(2)18-6-19-13)9-3-12(16)11(15)4-10(9)14/h3-4,6-7,17H,5H2,1-2H3. The summed E-state index contributed by atoms with van der Waals surface area (Å²) in [4.78, 5) is 5.35. The molecule has 1 aromatic heterocycles. The molecular weight excluding hydrogens is 306 g/mol. The van der Waals surface area contributed by atoms with Crippen LogP contribution >= 0.6 is 34.5 Å². The molecule has 19 heavy (non-hydrogen) atoms. The normalized spacial score (nSPS) is 12.7. The zero-order chi connectivity index (χ0) is 14.0. The number of rotatable bonds is 4. The Morgan fingerprint density at radius 3 is 2.74 bits per heavy atom. The Labute approximate surface area is 125 Å². The van der Waals surface area contributed by atoms with E-state index in [9.17, 15) is 4.39 Å². The largest absolute Gasteiger partial charge is 0.305 e. The fraction of sp³-hybridized carbons (Fsp3) is 0.308. The van der Waals surface area contributed by atoms with Gasteiger partial charge in [0.2, 0.25) is 0 Å². The van der Waals surface area contributed by atoms with Gasteiger partial charge in [-0.25, -0.2) is 9.37 Å². The van der Waals surface area contributed by atoms with E-state index in [-0.39, 0.29) is 11.1 Å². The molecule has 0 fully saturated rings. The van der Waals surface area contributed by atoms with E-state index >= 15 is 0 Å². The predicted octanol–water partition coefficient (Wildman–Crippen LogP) is 4.75. The highest BCUT2D eigenvalue weighted by atomic mass is 35.5. The maximum atomic E-state index is 13.5. The van der Waals surface area contributed by atoms with Crippen molar-refractivity contribution in [3.63, 3.8) is 0 Å². The van der Waals surface area contributed by atoms with Crippen LogP contribution in [0.2, 0.25) is 10.0 Å². The molecule has 1 aromatic carbocycles. The Kier molecular flexibility index (Phi) is 4.79. The van der Waals surface area contributed by atoms with Crippen molar-refractivity contribution in [2.45, 2.75) is 26.4 Å². The number of nitrogens with one attached hydrogen (secondary N) is 1. The number of hydrogen-bond acceptors (Lipinski definition) is 3. The van der Waals surface area contributed by atoms with Gasteiger partial charge in [-0.05, 0) is 31.5 Å². The number of benzene rings is 1. The summed E-state index contributed by atoms with van der Waals surface area (Å²) in [7, 11) is 0. The highest BCUT2D eigenvalue weighted by Gasteiger charge is 2.13. The van der Waals surface area contributed by atoms with E-state index in [2.05, 4.69) is 10.3 Å². The number of halogens is 3. The van der Waals surface area contributed by atoms with Crippen LogP contribution in [0, 0.1) is 12.7 Å². The van der Waals surface area contributed by atoms with Gasteiger partial charge in [0.05, 0.1) is 16.2 Å². The van der Waals surface area contributed by atoms with Crippen molar-refractivity contribution >= 4 is 34.5 Å². The molecule has 1 unspecified atom stereocenters. The van der Waals surface area contributed by atoms with Crippen molar-refractivity contribution in [3.05, 3.63) is 49.6 Å². The van der Waals surface area contributed by atoms with E-state index < -0.39 is 5.82 Å². The van der Waals surface area contributed by atoms with E-state index in [1.165, 1.54) is 12.1 Å². The van der Waals surface area contributed by atoms with Crippen molar-refractivity contribution in [2.24, 2.45) is 0 Å². The van der Waals surface area contributed by atoms with Gasteiger partial charge in [-0.15, -0.1) is 11.3 Å². The summed E-state index contributed by atoms with van der Waals surface area (Å²) < 4.78 is 13.5. The summed E-state index contributed by atoms with van der Waals surface area (Å²) in [5.74, 6) is -0.455. The molecule has 0 radical (unpaired) electrons. The lowest BCUT2D eigenvalue weighted by molar-refractivity contribution is 0.567. The molecule has 0 aliphatic rings. The molecular formula is C13H13Cl2FN2S. The molecule has 2 nitrogen and oxygen atoms in total. The summed E-state index contributed by atoms with van der Waals surface area (Å²) in [6, 6.07) is 2.74. The van der Waals surface area contributed by atoms with Crippen LogP contribution in [-0.4, -0.2) is 4.98 Å². The first-order valence-corrected chi connectivity index (χ1v) is 7.39. The molecule has 1 heterocycles. The minimum atomic E-state index is -0.455. The van der Waals surface area contributed by atoms with Crippen LogP contribution in [0.4, 0.5) is 4.39 Å². The van der Waals surface area contributed by atoms with Crippen LogP contribution in [0.15, 0.2) is 17.6 Å². The first-order chi connectivity index (χ1) is 8.99. The van der Waals surface area contributed by atoms with Crippen LogP contribution in [0.1, 0.15) is 29.1 Å². The number of hydrogen-bond donors (Lipinski definition) is 1. The van der Waals surface area contributed by atoms with Gasteiger partial charge in [0.1, 0.15) is 5.82 Å². The van der Waals surface area contributed by atoms with E-state index in [0.29, 0.717) is 17.1 Å². The lowest BCUT2D eigenvalue weighted by Gasteiger charge is -2.16. The van der Waals surface area contributed by atoms with E-state index in [4.69, 9.17) is 23.2 Å². The van der Waals surface area contributed by atoms with Crippen molar-refractivity contribution in [2.75, 3.05) is 0 Å². The average molecular weight is 319 g/mol. The molecule has 2 aromatic rings. The van der Waals surface area contributed by atoms with Crippen LogP contribution in [-0.2, 0) is 6.54 Å². The van der Waals surface area contributed by atoms with Gasteiger partial charge < -0.3 is 5.32 Å². The molecule has 0 spiro atoms. The molecule has 2 rings (SSSR count). The van der Waals surface area contributed by atoms with E-state index in [1.54, 1.807) is 11.3 Å². The lowest BCUT2D eigenvalue weighted by atomic mass is 10.1. The highest BCUT2D eigenvalue weighted by molar-refractivity contribution is 7.09. The maximum absolute atomic E-state index is 13.5. The van der Waals surface area contributed by atoms with Crippen LogP contribution in [0.25, 0.3) is 0 Å². The minimum absolute atomic E-state index is 0.0410. The molecule has 0 saturated heterocycles. The van der Waals surface area contributed by atoms with Crippen molar-refractivity contribution < 1.29 is 4.39 Å². The topological polar surface area (TPSA) is 24.9 Å². The number of aryl methyl sites for hydroxylation is 1. The van der Waals surface area contributed by atoms with Crippen molar-refractivity contribution in [3.8, 4) is 0 Å². The zero-order valence-corrected chi connectivity index (χ0v) is 12.8. The monoisotopic (exact) mass is 318 g/mol. The Hall–Kier alpha value is -0.680. The summed E-state index contributed by atoms with van der Waals surface area (Å²) in [6.45, 7) is 4.58. The molecule has 0 bridgehead atoms. The highest BCUT2D eigenvalue weighted by Crippen LogP contribution is 2.29. The molecule has 0 aliphatic carbocycles. The summed E-state index contributed by atoms with van der Waals surface area (Å²) in [6.07, 6.45) is 0. The lowest BCUT2D eigenvalue weighted by Crippen LogP contribution is -2.18. The molecule has 0 amide bonds. The SMILES string of the molecule is Cc1ncsc1CNC(C)c1cc(F)c(Cl)cc1Cl. The quantitative estimate of drug-likeness (QED) is 0.823. The first-order valence-electron chi connectivity index (χ1n) is 5.76. The van der Waals surface area contributed by atoms with Crippen LogP contribution in [0.5, 0.6) is 0 Å². The summed E-state index contributed by atoms with van der Waals surface area (Å²) in [5.41, 5.74) is 3.52. The Morgan fingerprint density at radius 2 is 2.11 bits per heavy atom. The third-order valence-corrected chi connectivity index (χ3v) is 4.47. The molecule has 1 N–H and O–H groups in total. The van der Waals surface area contributed by atoms with Gasteiger partial charge in [0, 0.05) is 22.5 Å². The average Bonchev–Trinajstić information content (AvgIpc) is 2.76. The van der Waals surface area contributed by atoms with Gasteiger partial charge in [-0.1, -0.05) is 23.2 Å². The molecule has 102 valence electrons. The molecule has 6 heteroatoms. The zero-order valence-electron chi connectivity index (χ0n) is 10.5. The van der Waals surface area contributed by atoms with Crippen LogP contribution < -0.4 is 5.32 Å². The summed E-state index contributed by atoms with van der Waals surface area (Å²) >= 11 is 13.4. The fourth-order valence-corrected chi connectivity index (χ4v) is 3.00. The smallest absolute Gasteiger partial charge is 0.142 e. The van der Waals surface area contributed by atoms with Crippen molar-refractivity contribution in [1.29, 1.82) is 0 Å². The third kappa shape index (κ3) is 3.45. The third-order valence-electron chi connectivity index (χ3n) is 2.92. The van der Waals surface area contributed by atoms with Crippen LogP contribution in [0.3, 0.4) is 0 Å². The Balaban J connectivity index is 2.10. The van der Waals surface area contributed by atoms with Crippen molar-refractivity contribution in [1.82, 2.24) is 10.3 Å². The van der Waals surface area contributed by atoms with Gasteiger partial charge >= 0.3 is 0 Å². The minimum Gasteiger partial charge on any atom is -0.305 e. The second kappa shape index (κ2) is 6.18. The molecule has 1 atom stereocenters.